The van der Waals surface area contributed by atoms with E-state index in [0.717, 1.165) is 6.07 Å². The Morgan fingerprint density at radius 3 is 2.78 bits per heavy atom. The molecule has 5 heteroatoms. The van der Waals surface area contributed by atoms with E-state index >= 15 is 0 Å². The lowest BCUT2D eigenvalue weighted by atomic mass is 10.0. The van der Waals surface area contributed by atoms with Crippen molar-refractivity contribution in [3.63, 3.8) is 0 Å². The van der Waals surface area contributed by atoms with E-state index in [2.05, 4.69) is 0 Å². The van der Waals surface area contributed by atoms with Gasteiger partial charge in [0.25, 0.3) is 0 Å². The van der Waals surface area contributed by atoms with Gasteiger partial charge in [-0.05, 0) is 36.3 Å². The monoisotopic (exact) mass is 252 g/mol. The molecule has 0 saturated carbocycles. The maximum atomic E-state index is 13.0. The number of carboxylic acids is 1. The van der Waals surface area contributed by atoms with Crippen molar-refractivity contribution in [3.8, 4) is 0 Å². The molecule has 0 saturated heterocycles. The number of carboxylic acid groups (broad SMARTS) is 1. The van der Waals surface area contributed by atoms with Gasteiger partial charge in [0.05, 0.1) is 13.0 Å². The number of carbonyl (C=O) groups is 2. The predicted molar refractivity (Wildman–Crippen MR) is 63.4 cm³/mol. The molecule has 0 amide bonds. The number of rotatable bonds is 5. The van der Waals surface area contributed by atoms with E-state index in [1.165, 1.54) is 24.3 Å². The molecular weight excluding hydrogens is 239 g/mol. The number of hydrogen-bond acceptors (Lipinski definition) is 3. The first-order valence-electron chi connectivity index (χ1n) is 5.38. The van der Waals surface area contributed by atoms with Crippen LogP contribution in [0.15, 0.2) is 24.3 Å². The second-order valence-electron chi connectivity index (χ2n) is 3.50. The van der Waals surface area contributed by atoms with E-state index < -0.39 is 17.8 Å². The molecule has 0 heterocycles. The van der Waals surface area contributed by atoms with E-state index in [4.69, 9.17) is 9.84 Å². The van der Waals surface area contributed by atoms with Crippen molar-refractivity contribution in [3.05, 3.63) is 41.2 Å². The topological polar surface area (TPSA) is 63.6 Å². The van der Waals surface area contributed by atoms with Crippen LogP contribution < -0.4 is 0 Å². The average molecular weight is 252 g/mol. The van der Waals surface area contributed by atoms with Crippen molar-refractivity contribution in [2.24, 2.45) is 0 Å². The fourth-order valence-electron chi connectivity index (χ4n) is 1.40. The van der Waals surface area contributed by atoms with Gasteiger partial charge in [0.15, 0.2) is 0 Å². The summed E-state index contributed by atoms with van der Waals surface area (Å²) in [4.78, 5) is 21.8. The van der Waals surface area contributed by atoms with Crippen molar-refractivity contribution in [1.29, 1.82) is 0 Å². The maximum absolute atomic E-state index is 13.0. The molecule has 1 N–H and O–H groups in total. The third kappa shape index (κ3) is 4.37. The zero-order chi connectivity index (χ0) is 13.5. The van der Waals surface area contributed by atoms with Crippen molar-refractivity contribution in [2.75, 3.05) is 6.61 Å². The number of carbonyl (C=O) groups excluding carboxylic acids is 1. The summed E-state index contributed by atoms with van der Waals surface area (Å²) < 4.78 is 17.7. The summed E-state index contributed by atoms with van der Waals surface area (Å²) in [6.45, 7) is 1.94. The summed E-state index contributed by atoms with van der Waals surface area (Å²) in [6, 6.07) is 3.76. The zero-order valence-corrected chi connectivity index (χ0v) is 9.85. The Balaban J connectivity index is 2.93. The molecule has 0 aliphatic rings. The third-order valence-electron chi connectivity index (χ3n) is 2.13. The number of aliphatic carboxylic acids is 1. The SMILES string of the molecule is CCOC(=O)C=Cc1ccc(F)cc1CC(=O)O. The number of benzene rings is 1. The molecule has 18 heavy (non-hydrogen) atoms. The van der Waals surface area contributed by atoms with Crippen LogP contribution in [0.1, 0.15) is 18.1 Å². The highest BCUT2D eigenvalue weighted by atomic mass is 19.1. The first kappa shape index (κ1) is 13.9. The summed E-state index contributed by atoms with van der Waals surface area (Å²) in [5.74, 6) is -2.10. The summed E-state index contributed by atoms with van der Waals surface area (Å²) in [5, 5.41) is 8.71. The highest BCUT2D eigenvalue weighted by Crippen LogP contribution is 2.14. The minimum atomic E-state index is -1.06. The molecule has 0 atom stereocenters. The van der Waals surface area contributed by atoms with Crippen LogP contribution in [0.25, 0.3) is 6.08 Å². The van der Waals surface area contributed by atoms with Gasteiger partial charge in [0.1, 0.15) is 5.82 Å². The molecule has 1 aromatic carbocycles. The second-order valence-corrected chi connectivity index (χ2v) is 3.50. The quantitative estimate of drug-likeness (QED) is 0.643. The molecule has 0 unspecified atom stereocenters. The van der Waals surface area contributed by atoms with Crippen LogP contribution in [0.5, 0.6) is 0 Å². The van der Waals surface area contributed by atoms with Gasteiger partial charge in [0.2, 0.25) is 0 Å². The molecule has 0 spiro atoms. The van der Waals surface area contributed by atoms with E-state index in [0.29, 0.717) is 11.1 Å². The van der Waals surface area contributed by atoms with Crippen molar-refractivity contribution >= 4 is 18.0 Å². The first-order chi connectivity index (χ1) is 8.52. The van der Waals surface area contributed by atoms with Crippen LogP contribution in [0, 0.1) is 5.82 Å². The molecule has 96 valence electrons. The first-order valence-corrected chi connectivity index (χ1v) is 5.38. The van der Waals surface area contributed by atoms with Crippen molar-refractivity contribution < 1.29 is 23.8 Å². The molecule has 0 aliphatic carbocycles. The van der Waals surface area contributed by atoms with Gasteiger partial charge in [-0.2, -0.15) is 0 Å². The van der Waals surface area contributed by atoms with Crippen LogP contribution in [-0.2, 0) is 20.7 Å². The zero-order valence-electron chi connectivity index (χ0n) is 9.85. The van der Waals surface area contributed by atoms with Crippen LogP contribution >= 0.6 is 0 Å². The van der Waals surface area contributed by atoms with Crippen LogP contribution in [0.3, 0.4) is 0 Å². The molecule has 4 nitrogen and oxygen atoms in total. The number of esters is 1. The van der Waals surface area contributed by atoms with E-state index in [9.17, 15) is 14.0 Å². The van der Waals surface area contributed by atoms with Gasteiger partial charge in [-0.25, -0.2) is 9.18 Å². The fraction of sp³-hybridized carbons (Fsp3) is 0.231. The Kier molecular flexibility index (Phi) is 5.05. The third-order valence-corrected chi connectivity index (χ3v) is 2.13. The van der Waals surface area contributed by atoms with E-state index in [1.807, 2.05) is 0 Å². The average Bonchev–Trinajstić information content (AvgIpc) is 2.27. The normalized spacial score (nSPS) is 10.6. The van der Waals surface area contributed by atoms with Crippen LogP contribution in [0.2, 0.25) is 0 Å². The Hall–Kier alpha value is -2.17. The van der Waals surface area contributed by atoms with Crippen LogP contribution in [0.4, 0.5) is 4.39 Å². The highest BCUT2D eigenvalue weighted by Gasteiger charge is 2.07. The highest BCUT2D eigenvalue weighted by molar-refractivity contribution is 5.87. The molecular formula is C13H13FO4. The van der Waals surface area contributed by atoms with Crippen molar-refractivity contribution in [1.82, 2.24) is 0 Å². The lowest BCUT2D eigenvalue weighted by molar-refractivity contribution is -0.137. The number of halogens is 1. The molecule has 0 aromatic heterocycles. The smallest absolute Gasteiger partial charge is 0.330 e. The standard InChI is InChI=1S/C13H13FO4/c1-2-18-13(17)6-4-9-3-5-11(14)7-10(9)8-12(15)16/h3-7H,2,8H2,1H3,(H,15,16). The van der Waals surface area contributed by atoms with Gasteiger partial charge in [-0.1, -0.05) is 6.07 Å². The van der Waals surface area contributed by atoms with Gasteiger partial charge in [0, 0.05) is 6.08 Å². The van der Waals surface area contributed by atoms with Crippen LogP contribution in [-0.4, -0.2) is 23.7 Å². The Labute approximate surface area is 104 Å². The lowest BCUT2D eigenvalue weighted by Crippen LogP contribution is -2.03. The minimum absolute atomic E-state index is 0.259. The molecule has 1 aromatic rings. The Morgan fingerprint density at radius 2 is 2.17 bits per heavy atom. The van der Waals surface area contributed by atoms with E-state index in [1.54, 1.807) is 6.92 Å². The lowest BCUT2D eigenvalue weighted by Gasteiger charge is -2.03. The Bertz CT molecular complexity index is 480. The van der Waals surface area contributed by atoms with Gasteiger partial charge < -0.3 is 9.84 Å². The summed E-state index contributed by atoms with van der Waals surface area (Å²) in [7, 11) is 0. The largest absolute Gasteiger partial charge is 0.481 e. The van der Waals surface area contributed by atoms with Crippen molar-refractivity contribution in [2.45, 2.75) is 13.3 Å². The summed E-state index contributed by atoms with van der Waals surface area (Å²) in [5.41, 5.74) is 0.787. The fourth-order valence-corrected chi connectivity index (χ4v) is 1.40. The second kappa shape index (κ2) is 6.54. The molecule has 0 radical (unpaired) electrons. The Morgan fingerprint density at radius 1 is 1.44 bits per heavy atom. The number of ether oxygens (including phenoxy) is 1. The van der Waals surface area contributed by atoms with Gasteiger partial charge >= 0.3 is 11.9 Å². The van der Waals surface area contributed by atoms with Gasteiger partial charge in [-0.15, -0.1) is 0 Å². The molecule has 0 aliphatic heterocycles. The minimum Gasteiger partial charge on any atom is -0.481 e. The van der Waals surface area contributed by atoms with Gasteiger partial charge in [-0.3, -0.25) is 4.79 Å². The van der Waals surface area contributed by atoms with E-state index in [-0.39, 0.29) is 13.0 Å². The summed E-state index contributed by atoms with van der Waals surface area (Å²) >= 11 is 0. The molecule has 0 fully saturated rings. The summed E-state index contributed by atoms with van der Waals surface area (Å²) in [6.07, 6.45) is 2.29. The predicted octanol–water partition coefficient (Wildman–Crippen LogP) is 2.03. The maximum Gasteiger partial charge on any atom is 0.330 e. The number of hydrogen-bond donors (Lipinski definition) is 1. The molecule has 0 bridgehead atoms. The molecule has 1 rings (SSSR count).